The van der Waals surface area contributed by atoms with Crippen molar-refractivity contribution in [3.8, 4) is 11.5 Å². The van der Waals surface area contributed by atoms with Crippen LogP contribution < -0.4 is 5.73 Å². The number of nitrogen functional groups attached to an aromatic ring is 1. The highest BCUT2D eigenvalue weighted by atomic mass is 16.6. The lowest BCUT2D eigenvalue weighted by Crippen LogP contribution is -2.05. The second kappa shape index (κ2) is 5.63. The average molecular weight is 337 g/mol. The van der Waals surface area contributed by atoms with Gasteiger partial charge < -0.3 is 5.73 Å². The monoisotopic (exact) mass is 337 g/mol. The van der Waals surface area contributed by atoms with Crippen LogP contribution in [0.4, 0.5) is 11.6 Å². The number of aromatic nitrogens is 7. The fraction of sp³-hybridized carbons (Fsp3) is 0.0714. The number of nitrogens with zero attached hydrogens (tertiary/aromatic N) is 7. The summed E-state index contributed by atoms with van der Waals surface area (Å²) in [6.45, 7) is 0.301. The van der Waals surface area contributed by atoms with E-state index in [4.69, 9.17) is 5.73 Å². The molecule has 0 unspecified atom stereocenters. The van der Waals surface area contributed by atoms with Gasteiger partial charge in [-0.15, -0.1) is 0 Å². The summed E-state index contributed by atoms with van der Waals surface area (Å²) < 4.78 is 1.60. The number of nitro groups is 1. The summed E-state index contributed by atoms with van der Waals surface area (Å²) in [6.07, 6.45) is 3.03. The van der Waals surface area contributed by atoms with E-state index < -0.39 is 4.92 Å². The third-order valence-corrected chi connectivity index (χ3v) is 3.59. The number of hydrogen-bond acceptors (Lipinski definition) is 8. The predicted molar refractivity (Wildman–Crippen MR) is 87.3 cm³/mol. The van der Waals surface area contributed by atoms with Gasteiger partial charge in [-0.3, -0.25) is 15.2 Å². The van der Waals surface area contributed by atoms with Gasteiger partial charge in [-0.05, 0) is 5.56 Å². The summed E-state index contributed by atoms with van der Waals surface area (Å²) in [5, 5.41) is 22.5. The minimum Gasteiger partial charge on any atom is -0.368 e. The molecular weight excluding hydrogens is 326 g/mol. The number of non-ortho nitro benzene ring substituents is 1. The molecule has 124 valence electrons. The summed E-state index contributed by atoms with van der Waals surface area (Å²) in [7, 11) is 0. The van der Waals surface area contributed by atoms with Gasteiger partial charge >= 0.3 is 0 Å². The zero-order chi connectivity index (χ0) is 17.4. The second-order valence-corrected chi connectivity index (χ2v) is 5.22. The fourth-order valence-electron chi connectivity index (χ4n) is 2.52. The number of nitro benzene ring substituents is 1. The van der Waals surface area contributed by atoms with Crippen molar-refractivity contribution >= 4 is 22.7 Å². The van der Waals surface area contributed by atoms with E-state index in [1.54, 1.807) is 23.0 Å². The molecule has 0 saturated carbocycles. The van der Waals surface area contributed by atoms with Crippen LogP contribution in [0.2, 0.25) is 0 Å². The number of H-pyrrole nitrogens is 1. The molecule has 25 heavy (non-hydrogen) atoms. The average Bonchev–Trinajstić information content (AvgIpc) is 3.25. The van der Waals surface area contributed by atoms with Gasteiger partial charge in [0, 0.05) is 12.1 Å². The predicted octanol–water partition coefficient (Wildman–Crippen LogP) is 1.15. The zero-order valence-corrected chi connectivity index (χ0v) is 12.7. The van der Waals surface area contributed by atoms with Crippen LogP contribution in [-0.2, 0) is 6.54 Å². The molecule has 4 aromatic rings. The molecule has 0 radical (unpaired) electrons. The van der Waals surface area contributed by atoms with E-state index >= 15 is 0 Å². The minimum atomic E-state index is -0.438. The first kappa shape index (κ1) is 14.7. The van der Waals surface area contributed by atoms with Crippen LogP contribution in [0, 0.1) is 10.1 Å². The van der Waals surface area contributed by atoms with E-state index in [9.17, 15) is 10.1 Å². The maximum Gasteiger partial charge on any atom is 0.269 e. The van der Waals surface area contributed by atoms with E-state index in [-0.39, 0.29) is 11.6 Å². The van der Waals surface area contributed by atoms with E-state index in [2.05, 4.69) is 30.2 Å². The summed E-state index contributed by atoms with van der Waals surface area (Å²) in [6, 6.07) is 6.34. The lowest BCUT2D eigenvalue weighted by molar-refractivity contribution is -0.384. The number of nitrogens with two attached hydrogens (primary N) is 1. The molecule has 4 rings (SSSR count). The highest BCUT2D eigenvalue weighted by molar-refractivity contribution is 5.88. The highest BCUT2D eigenvalue weighted by Gasteiger charge is 2.16. The van der Waals surface area contributed by atoms with Crippen LogP contribution in [0.5, 0.6) is 0 Å². The Hall–Kier alpha value is -3.89. The maximum atomic E-state index is 10.9. The van der Waals surface area contributed by atoms with E-state index in [1.807, 2.05) is 0 Å². The van der Waals surface area contributed by atoms with Crippen molar-refractivity contribution in [2.24, 2.45) is 0 Å². The van der Waals surface area contributed by atoms with Crippen LogP contribution in [0.3, 0.4) is 0 Å². The molecule has 11 nitrogen and oxygen atoms in total. The first-order valence-electron chi connectivity index (χ1n) is 7.20. The van der Waals surface area contributed by atoms with Gasteiger partial charge in [0.15, 0.2) is 11.5 Å². The van der Waals surface area contributed by atoms with Crippen molar-refractivity contribution < 1.29 is 4.92 Å². The Morgan fingerprint density at radius 2 is 2.20 bits per heavy atom. The van der Waals surface area contributed by atoms with Gasteiger partial charge in [0.1, 0.15) is 12.0 Å². The van der Waals surface area contributed by atoms with E-state index in [0.717, 1.165) is 5.56 Å². The van der Waals surface area contributed by atoms with Crippen LogP contribution >= 0.6 is 0 Å². The zero-order valence-electron chi connectivity index (χ0n) is 12.7. The van der Waals surface area contributed by atoms with Gasteiger partial charge in [-0.1, -0.05) is 12.1 Å². The summed E-state index contributed by atoms with van der Waals surface area (Å²) in [4.78, 5) is 23.0. The van der Waals surface area contributed by atoms with Crippen molar-refractivity contribution in [1.29, 1.82) is 0 Å². The molecular formula is C14H11N9O2. The lowest BCUT2D eigenvalue weighted by Gasteiger charge is -2.05. The first-order valence-corrected chi connectivity index (χ1v) is 7.20. The van der Waals surface area contributed by atoms with Crippen molar-refractivity contribution in [3.05, 3.63) is 52.5 Å². The molecule has 3 heterocycles. The quantitative estimate of drug-likeness (QED) is 0.415. The Kier molecular flexibility index (Phi) is 3.31. The molecule has 0 fully saturated rings. The third kappa shape index (κ3) is 2.63. The molecule has 0 aliphatic heterocycles. The first-order chi connectivity index (χ1) is 12.1. The number of nitrogens with one attached hydrogen (secondary N) is 1. The molecule has 0 aliphatic carbocycles. The number of hydrogen-bond donors (Lipinski definition) is 2. The Labute approximate surface area is 139 Å². The van der Waals surface area contributed by atoms with E-state index in [1.165, 1.54) is 18.5 Å². The fourth-order valence-corrected chi connectivity index (χ4v) is 2.52. The van der Waals surface area contributed by atoms with Crippen LogP contribution in [0.1, 0.15) is 5.56 Å². The van der Waals surface area contributed by atoms with Gasteiger partial charge in [0.2, 0.25) is 5.95 Å². The molecule has 0 aliphatic rings. The summed E-state index contributed by atoms with van der Waals surface area (Å²) >= 11 is 0. The standard InChI is InChI=1S/C14H11N9O2/c15-14-19-11(12-16-7-17-21-12)10-5-18-22(13(10)20-14)6-8-2-1-3-9(4-8)23(24)25/h1-5,7H,6H2,(H2,15,19,20)(H,16,17,21). The van der Waals surface area contributed by atoms with Gasteiger partial charge in [-0.2, -0.15) is 15.2 Å². The molecule has 0 amide bonds. The third-order valence-electron chi connectivity index (χ3n) is 3.59. The number of aromatic amines is 1. The molecule has 0 spiro atoms. The van der Waals surface area contributed by atoms with Crippen molar-refractivity contribution in [2.75, 3.05) is 5.73 Å². The molecule has 3 N–H and O–H groups in total. The van der Waals surface area contributed by atoms with Crippen molar-refractivity contribution in [2.45, 2.75) is 6.54 Å². The summed E-state index contributed by atoms with van der Waals surface area (Å²) in [5.41, 5.74) is 7.50. The van der Waals surface area contributed by atoms with Crippen molar-refractivity contribution in [3.63, 3.8) is 0 Å². The number of fused-ring (bicyclic) bond motifs is 1. The number of benzene rings is 1. The number of rotatable bonds is 4. The molecule has 11 heteroatoms. The van der Waals surface area contributed by atoms with Gasteiger partial charge in [0.05, 0.1) is 23.1 Å². The smallest absolute Gasteiger partial charge is 0.269 e. The lowest BCUT2D eigenvalue weighted by atomic mass is 10.2. The van der Waals surface area contributed by atoms with E-state index in [0.29, 0.717) is 29.1 Å². The van der Waals surface area contributed by atoms with Crippen LogP contribution in [-0.4, -0.2) is 39.9 Å². The van der Waals surface area contributed by atoms with Crippen molar-refractivity contribution in [1.82, 2.24) is 34.9 Å². The Balaban J connectivity index is 1.79. The Morgan fingerprint density at radius 3 is 2.96 bits per heavy atom. The van der Waals surface area contributed by atoms with Gasteiger partial charge in [0.25, 0.3) is 5.69 Å². The largest absolute Gasteiger partial charge is 0.368 e. The van der Waals surface area contributed by atoms with Crippen LogP contribution in [0.25, 0.3) is 22.6 Å². The second-order valence-electron chi connectivity index (χ2n) is 5.22. The summed E-state index contributed by atoms with van der Waals surface area (Å²) in [5.74, 6) is 0.446. The SMILES string of the molecule is Nc1nc(-c2nc[nH]n2)c2cnn(Cc3cccc([N+](=O)[O-])c3)c2n1. The minimum absolute atomic E-state index is 0.0181. The molecule has 1 aromatic carbocycles. The Morgan fingerprint density at radius 1 is 1.32 bits per heavy atom. The normalized spacial score (nSPS) is 11.0. The van der Waals surface area contributed by atoms with Gasteiger partial charge in [-0.25, -0.2) is 14.6 Å². The maximum absolute atomic E-state index is 10.9. The topological polar surface area (TPSA) is 154 Å². The highest BCUT2D eigenvalue weighted by Crippen LogP contribution is 2.24. The molecule has 3 aromatic heterocycles. The molecule has 0 atom stereocenters. The molecule has 0 saturated heterocycles. The van der Waals surface area contributed by atoms with Crippen LogP contribution in [0.15, 0.2) is 36.8 Å². The number of anilines is 1. The Bertz CT molecular complexity index is 1070. The molecule has 0 bridgehead atoms.